The molecule has 2 aromatic carbocycles. The smallest absolute Gasteiger partial charge is 0.257 e. The van der Waals surface area contributed by atoms with Gasteiger partial charge in [0.25, 0.3) is 5.91 Å². The van der Waals surface area contributed by atoms with E-state index in [4.69, 9.17) is 4.74 Å². The third-order valence-corrected chi connectivity index (χ3v) is 5.55. The van der Waals surface area contributed by atoms with Gasteiger partial charge in [0.05, 0.1) is 0 Å². The van der Waals surface area contributed by atoms with E-state index in [-0.39, 0.29) is 12.5 Å². The molecule has 1 amide bonds. The minimum absolute atomic E-state index is 0.0508. The third-order valence-electron chi connectivity index (χ3n) is 4.17. The van der Waals surface area contributed by atoms with Crippen molar-refractivity contribution in [2.24, 2.45) is 0 Å². The summed E-state index contributed by atoms with van der Waals surface area (Å²) in [5.74, 6) is 1.68. The Bertz CT molecular complexity index is 653. The van der Waals surface area contributed by atoms with E-state index in [1.54, 1.807) is 0 Å². The van der Waals surface area contributed by atoms with Crippen molar-refractivity contribution in [2.75, 3.05) is 18.9 Å². The van der Waals surface area contributed by atoms with E-state index in [0.29, 0.717) is 0 Å². The minimum atomic E-state index is -0.0508. The van der Waals surface area contributed by atoms with Gasteiger partial charge in [-0.05, 0) is 35.7 Å². The van der Waals surface area contributed by atoms with Crippen LogP contribution in [0.15, 0.2) is 42.5 Å². The predicted molar refractivity (Wildman–Crippen MR) is 97.2 cm³/mol. The molecule has 122 valence electrons. The van der Waals surface area contributed by atoms with Gasteiger partial charge >= 0.3 is 0 Å². The van der Waals surface area contributed by atoms with Crippen LogP contribution >= 0.6 is 11.8 Å². The van der Waals surface area contributed by atoms with E-state index in [1.807, 2.05) is 48.2 Å². The van der Waals surface area contributed by atoms with Crippen molar-refractivity contribution in [1.29, 1.82) is 0 Å². The second-order valence-corrected chi connectivity index (χ2v) is 7.33. The lowest BCUT2D eigenvalue weighted by Gasteiger charge is -2.10. The number of amides is 1. The average molecular weight is 329 g/mol. The fraction of sp³-hybridized carbons (Fsp3) is 0.421. The zero-order valence-electron chi connectivity index (χ0n) is 13.3. The quantitative estimate of drug-likeness (QED) is 0.780. The summed E-state index contributed by atoms with van der Waals surface area (Å²) in [6, 6.07) is 14.0. The molecular weight excluding hydrogens is 306 g/mol. The van der Waals surface area contributed by atoms with Crippen LogP contribution in [0.1, 0.15) is 25.7 Å². The number of carbonyl (C=O) groups excluding carboxylic acids is 1. The summed E-state index contributed by atoms with van der Waals surface area (Å²) in [7, 11) is 0. The molecule has 0 aromatic heterocycles. The van der Waals surface area contributed by atoms with Gasteiger partial charge in [0, 0.05) is 17.5 Å². The van der Waals surface area contributed by atoms with Crippen LogP contribution < -0.4 is 10.1 Å². The van der Waals surface area contributed by atoms with Crippen molar-refractivity contribution in [2.45, 2.75) is 30.9 Å². The van der Waals surface area contributed by atoms with Crippen LogP contribution in [0, 0.1) is 0 Å². The highest BCUT2D eigenvalue weighted by Gasteiger charge is 2.14. The summed E-state index contributed by atoms with van der Waals surface area (Å²) in [4.78, 5) is 11.8. The lowest BCUT2D eigenvalue weighted by atomic mass is 10.1. The number of fused-ring (bicyclic) bond motifs is 1. The molecule has 3 nitrogen and oxygen atoms in total. The third kappa shape index (κ3) is 4.90. The molecule has 3 rings (SSSR count). The maximum Gasteiger partial charge on any atom is 0.257 e. The van der Waals surface area contributed by atoms with Crippen molar-refractivity contribution in [3.05, 3.63) is 42.5 Å². The number of ether oxygens (including phenoxy) is 1. The normalized spacial score (nSPS) is 15.0. The fourth-order valence-corrected chi connectivity index (χ4v) is 4.15. The van der Waals surface area contributed by atoms with E-state index < -0.39 is 0 Å². The summed E-state index contributed by atoms with van der Waals surface area (Å²) >= 11 is 1.99. The van der Waals surface area contributed by atoms with Crippen LogP contribution in [-0.2, 0) is 4.79 Å². The maximum absolute atomic E-state index is 11.8. The number of thioether (sulfide) groups is 1. The van der Waals surface area contributed by atoms with Gasteiger partial charge in [-0.15, -0.1) is 0 Å². The number of hydrogen-bond donors (Lipinski definition) is 1. The average Bonchev–Trinajstić information content (AvgIpc) is 3.10. The lowest BCUT2D eigenvalue weighted by Crippen LogP contribution is -2.30. The second-order valence-electron chi connectivity index (χ2n) is 5.92. The molecule has 0 heterocycles. The molecule has 0 saturated heterocycles. The van der Waals surface area contributed by atoms with E-state index in [1.165, 1.54) is 31.1 Å². The van der Waals surface area contributed by atoms with Gasteiger partial charge in [-0.1, -0.05) is 43.2 Å². The van der Waals surface area contributed by atoms with Gasteiger partial charge in [0.15, 0.2) is 6.61 Å². The summed E-state index contributed by atoms with van der Waals surface area (Å²) in [5, 5.41) is 6.03. The number of carbonyl (C=O) groups is 1. The second kappa shape index (κ2) is 8.25. The van der Waals surface area contributed by atoms with Crippen LogP contribution in [0.4, 0.5) is 0 Å². The molecule has 2 aromatic rings. The summed E-state index contributed by atoms with van der Waals surface area (Å²) in [6.45, 7) is 0.799. The first-order valence-electron chi connectivity index (χ1n) is 8.31. The van der Waals surface area contributed by atoms with Gasteiger partial charge in [-0.25, -0.2) is 0 Å². The molecule has 0 atom stereocenters. The summed E-state index contributed by atoms with van der Waals surface area (Å²) in [6.07, 6.45) is 5.40. The van der Waals surface area contributed by atoms with Gasteiger partial charge in [0.1, 0.15) is 5.75 Å². The summed E-state index contributed by atoms with van der Waals surface area (Å²) < 4.78 is 5.59. The first kappa shape index (κ1) is 16.2. The van der Waals surface area contributed by atoms with Gasteiger partial charge < -0.3 is 10.1 Å². The maximum atomic E-state index is 11.8. The van der Waals surface area contributed by atoms with Crippen molar-refractivity contribution in [3.8, 4) is 5.75 Å². The van der Waals surface area contributed by atoms with Crippen LogP contribution in [0.25, 0.3) is 10.8 Å². The Morgan fingerprint density at radius 2 is 1.91 bits per heavy atom. The highest BCUT2D eigenvalue weighted by Crippen LogP contribution is 2.28. The molecular formula is C19H23NO2S. The molecule has 1 N–H and O–H groups in total. The van der Waals surface area contributed by atoms with E-state index in [9.17, 15) is 4.79 Å². The SMILES string of the molecule is O=C(COc1ccc2ccccc2c1)NCCSC1CCCC1. The molecule has 23 heavy (non-hydrogen) atoms. The number of benzene rings is 2. The Labute approximate surface area is 141 Å². The Morgan fingerprint density at radius 3 is 2.74 bits per heavy atom. The van der Waals surface area contributed by atoms with Crippen molar-refractivity contribution in [3.63, 3.8) is 0 Å². The molecule has 1 aliphatic rings. The minimum Gasteiger partial charge on any atom is -0.484 e. The van der Waals surface area contributed by atoms with Crippen LogP contribution in [-0.4, -0.2) is 30.1 Å². The summed E-state index contributed by atoms with van der Waals surface area (Å²) in [5.41, 5.74) is 0. The Hall–Kier alpha value is -1.68. The molecule has 1 saturated carbocycles. The van der Waals surface area contributed by atoms with Crippen LogP contribution in [0.2, 0.25) is 0 Å². The first-order chi connectivity index (χ1) is 11.3. The van der Waals surface area contributed by atoms with E-state index in [0.717, 1.165) is 28.7 Å². The molecule has 0 unspecified atom stereocenters. The fourth-order valence-electron chi connectivity index (χ4n) is 2.93. The number of nitrogens with one attached hydrogen (secondary N) is 1. The highest BCUT2D eigenvalue weighted by molar-refractivity contribution is 7.99. The van der Waals surface area contributed by atoms with Crippen molar-refractivity contribution in [1.82, 2.24) is 5.32 Å². The van der Waals surface area contributed by atoms with Crippen molar-refractivity contribution < 1.29 is 9.53 Å². The van der Waals surface area contributed by atoms with Gasteiger partial charge in [0.2, 0.25) is 0 Å². The predicted octanol–water partition coefficient (Wildman–Crippen LogP) is 4.01. The molecule has 0 spiro atoms. The topological polar surface area (TPSA) is 38.3 Å². The largest absolute Gasteiger partial charge is 0.484 e. The van der Waals surface area contributed by atoms with E-state index in [2.05, 4.69) is 11.4 Å². The lowest BCUT2D eigenvalue weighted by molar-refractivity contribution is -0.122. The standard InChI is InChI=1S/C19H23NO2S/c21-19(20-11-12-23-18-7-3-4-8-18)14-22-17-10-9-15-5-1-2-6-16(15)13-17/h1-2,5-6,9-10,13,18H,3-4,7-8,11-12,14H2,(H,20,21). The zero-order valence-corrected chi connectivity index (χ0v) is 14.1. The molecule has 1 fully saturated rings. The molecule has 1 aliphatic carbocycles. The monoisotopic (exact) mass is 329 g/mol. The number of rotatable bonds is 7. The molecule has 4 heteroatoms. The number of hydrogen-bond acceptors (Lipinski definition) is 3. The highest BCUT2D eigenvalue weighted by atomic mass is 32.2. The van der Waals surface area contributed by atoms with E-state index >= 15 is 0 Å². The van der Waals surface area contributed by atoms with Crippen LogP contribution in [0.5, 0.6) is 5.75 Å². The Balaban J connectivity index is 1.37. The molecule has 0 aliphatic heterocycles. The van der Waals surface area contributed by atoms with Crippen molar-refractivity contribution >= 4 is 28.4 Å². The molecule has 0 bridgehead atoms. The van der Waals surface area contributed by atoms with Gasteiger partial charge in [-0.2, -0.15) is 11.8 Å². The van der Waals surface area contributed by atoms with Gasteiger partial charge in [-0.3, -0.25) is 4.79 Å². The Kier molecular flexibility index (Phi) is 5.81. The zero-order chi connectivity index (χ0) is 15.9. The first-order valence-corrected chi connectivity index (χ1v) is 9.36. The Morgan fingerprint density at radius 1 is 1.13 bits per heavy atom. The van der Waals surface area contributed by atoms with Crippen LogP contribution in [0.3, 0.4) is 0 Å². The molecule has 0 radical (unpaired) electrons.